The lowest BCUT2D eigenvalue weighted by atomic mass is 10.0. The van der Waals surface area contributed by atoms with E-state index in [4.69, 9.17) is 0 Å². The molecule has 1 aliphatic rings. The summed E-state index contributed by atoms with van der Waals surface area (Å²) in [7, 11) is 0. The zero-order valence-electron chi connectivity index (χ0n) is 12.0. The van der Waals surface area contributed by atoms with Crippen LogP contribution in [0.4, 0.5) is 0 Å². The van der Waals surface area contributed by atoms with Gasteiger partial charge in [-0.25, -0.2) is 4.98 Å². The van der Waals surface area contributed by atoms with Gasteiger partial charge in [0.25, 0.3) is 5.91 Å². The Balaban J connectivity index is 1.87. The molecule has 0 unspecified atom stereocenters. The monoisotopic (exact) mass is 289 g/mol. The number of hydrogen-bond donors (Lipinski definition) is 1. The summed E-state index contributed by atoms with van der Waals surface area (Å²) >= 11 is 0. The molecule has 1 fully saturated rings. The average molecular weight is 289 g/mol. The molecule has 22 heavy (non-hydrogen) atoms. The van der Waals surface area contributed by atoms with Gasteiger partial charge < -0.3 is 5.32 Å². The van der Waals surface area contributed by atoms with Crippen LogP contribution in [0.2, 0.25) is 0 Å². The SMILES string of the molecule is O=C(NC1CC1)c1cc(-c2cccnc2)nc2ccccc12. The first-order valence-corrected chi connectivity index (χ1v) is 7.42. The highest BCUT2D eigenvalue weighted by molar-refractivity contribution is 6.07. The smallest absolute Gasteiger partial charge is 0.252 e. The first kappa shape index (κ1) is 13.0. The van der Waals surface area contributed by atoms with Crippen molar-refractivity contribution >= 4 is 16.8 Å². The van der Waals surface area contributed by atoms with Crippen LogP contribution in [0.1, 0.15) is 23.2 Å². The maximum absolute atomic E-state index is 12.5. The predicted octanol–water partition coefficient (Wildman–Crippen LogP) is 3.19. The van der Waals surface area contributed by atoms with E-state index in [9.17, 15) is 4.79 Å². The highest BCUT2D eigenvalue weighted by Gasteiger charge is 2.25. The lowest BCUT2D eigenvalue weighted by Crippen LogP contribution is -2.25. The molecule has 3 aromatic rings. The third kappa shape index (κ3) is 2.44. The molecule has 1 amide bonds. The van der Waals surface area contributed by atoms with Crippen molar-refractivity contribution in [3.8, 4) is 11.3 Å². The summed E-state index contributed by atoms with van der Waals surface area (Å²) in [6.45, 7) is 0. The van der Waals surface area contributed by atoms with E-state index in [0.717, 1.165) is 35.0 Å². The van der Waals surface area contributed by atoms with Crippen LogP contribution in [0.5, 0.6) is 0 Å². The van der Waals surface area contributed by atoms with Gasteiger partial charge in [0.15, 0.2) is 0 Å². The van der Waals surface area contributed by atoms with Gasteiger partial charge in [-0.15, -0.1) is 0 Å². The highest BCUT2D eigenvalue weighted by atomic mass is 16.1. The number of carbonyl (C=O) groups is 1. The predicted molar refractivity (Wildman–Crippen MR) is 85.5 cm³/mol. The number of benzene rings is 1. The molecule has 0 saturated heterocycles. The number of nitrogens with zero attached hydrogens (tertiary/aromatic N) is 2. The van der Waals surface area contributed by atoms with E-state index in [0.29, 0.717) is 11.6 Å². The molecule has 1 aliphatic carbocycles. The Bertz CT molecular complexity index is 841. The molecule has 0 aliphatic heterocycles. The fourth-order valence-corrected chi connectivity index (χ4v) is 2.52. The third-order valence-corrected chi connectivity index (χ3v) is 3.83. The van der Waals surface area contributed by atoms with Crippen LogP contribution >= 0.6 is 0 Å². The largest absolute Gasteiger partial charge is 0.349 e. The Kier molecular flexibility index (Phi) is 3.07. The summed E-state index contributed by atoms with van der Waals surface area (Å²) in [6, 6.07) is 13.8. The number of carbonyl (C=O) groups excluding carboxylic acids is 1. The summed E-state index contributed by atoms with van der Waals surface area (Å²) in [5, 5.41) is 3.94. The Hall–Kier alpha value is -2.75. The van der Waals surface area contributed by atoms with Gasteiger partial charge in [0.05, 0.1) is 16.8 Å². The summed E-state index contributed by atoms with van der Waals surface area (Å²) in [4.78, 5) is 21.3. The van der Waals surface area contributed by atoms with Gasteiger partial charge in [-0.1, -0.05) is 18.2 Å². The minimum absolute atomic E-state index is 0.0220. The molecule has 4 nitrogen and oxygen atoms in total. The van der Waals surface area contributed by atoms with Crippen molar-refractivity contribution in [1.82, 2.24) is 15.3 Å². The molecule has 1 aromatic carbocycles. The highest BCUT2D eigenvalue weighted by Crippen LogP contribution is 2.26. The third-order valence-electron chi connectivity index (χ3n) is 3.83. The minimum Gasteiger partial charge on any atom is -0.349 e. The van der Waals surface area contributed by atoms with Gasteiger partial charge in [-0.3, -0.25) is 9.78 Å². The van der Waals surface area contributed by atoms with Gasteiger partial charge in [-0.2, -0.15) is 0 Å². The standard InChI is InChI=1S/C18H15N3O/c22-18(20-13-7-8-13)15-10-17(12-4-3-9-19-11-12)21-16-6-2-1-5-14(15)16/h1-6,9-11,13H,7-8H2,(H,20,22). The molecule has 1 saturated carbocycles. The molecule has 2 aromatic heterocycles. The van der Waals surface area contributed by atoms with Crippen LogP contribution < -0.4 is 5.32 Å². The first-order valence-electron chi connectivity index (χ1n) is 7.42. The zero-order chi connectivity index (χ0) is 14.9. The van der Waals surface area contributed by atoms with Crippen molar-refractivity contribution in [2.75, 3.05) is 0 Å². The van der Waals surface area contributed by atoms with Crippen LogP contribution in [-0.4, -0.2) is 21.9 Å². The van der Waals surface area contributed by atoms with Crippen molar-refractivity contribution in [2.24, 2.45) is 0 Å². The van der Waals surface area contributed by atoms with Crippen LogP contribution in [0.25, 0.3) is 22.2 Å². The summed E-state index contributed by atoms with van der Waals surface area (Å²) < 4.78 is 0. The normalized spacial score (nSPS) is 14.0. The first-order chi connectivity index (χ1) is 10.8. The van der Waals surface area contributed by atoms with Gasteiger partial charge in [0.2, 0.25) is 0 Å². The number of amides is 1. The number of hydrogen-bond acceptors (Lipinski definition) is 3. The second-order valence-corrected chi connectivity index (χ2v) is 5.56. The van der Waals surface area contributed by atoms with Crippen LogP contribution in [0.15, 0.2) is 54.9 Å². The molecule has 0 spiro atoms. The molecule has 2 heterocycles. The maximum Gasteiger partial charge on any atom is 0.252 e. The second-order valence-electron chi connectivity index (χ2n) is 5.56. The fraction of sp³-hybridized carbons (Fsp3) is 0.167. The quantitative estimate of drug-likeness (QED) is 0.805. The van der Waals surface area contributed by atoms with E-state index in [-0.39, 0.29) is 5.91 Å². The lowest BCUT2D eigenvalue weighted by molar-refractivity contribution is 0.0952. The molecular weight excluding hydrogens is 274 g/mol. The number of para-hydroxylation sites is 1. The Morgan fingerprint density at radius 2 is 2.00 bits per heavy atom. The van der Waals surface area contributed by atoms with Crippen LogP contribution in [0.3, 0.4) is 0 Å². The summed E-state index contributed by atoms with van der Waals surface area (Å²) in [6.07, 6.45) is 5.64. The Labute approximate surface area is 128 Å². The second kappa shape index (κ2) is 5.22. The summed E-state index contributed by atoms with van der Waals surface area (Å²) in [5.74, 6) is -0.0220. The van der Waals surface area contributed by atoms with Crippen molar-refractivity contribution < 1.29 is 4.79 Å². The average Bonchev–Trinajstić information content (AvgIpc) is 3.38. The molecular formula is C18H15N3O. The number of fused-ring (bicyclic) bond motifs is 1. The zero-order valence-corrected chi connectivity index (χ0v) is 12.0. The van der Waals surface area contributed by atoms with Crippen LogP contribution in [0, 0.1) is 0 Å². The Morgan fingerprint density at radius 1 is 1.14 bits per heavy atom. The fourth-order valence-electron chi connectivity index (χ4n) is 2.52. The van der Waals surface area contributed by atoms with E-state index in [1.165, 1.54) is 0 Å². The van der Waals surface area contributed by atoms with Gasteiger partial charge in [0.1, 0.15) is 0 Å². The van der Waals surface area contributed by atoms with Crippen molar-refractivity contribution in [3.63, 3.8) is 0 Å². The summed E-state index contributed by atoms with van der Waals surface area (Å²) in [5.41, 5.74) is 3.18. The van der Waals surface area contributed by atoms with Crippen molar-refractivity contribution in [2.45, 2.75) is 18.9 Å². The maximum atomic E-state index is 12.5. The lowest BCUT2D eigenvalue weighted by Gasteiger charge is -2.10. The topological polar surface area (TPSA) is 54.9 Å². The van der Waals surface area contributed by atoms with Gasteiger partial charge >= 0.3 is 0 Å². The molecule has 1 N–H and O–H groups in total. The van der Waals surface area contributed by atoms with E-state index in [1.807, 2.05) is 42.5 Å². The molecule has 4 heteroatoms. The van der Waals surface area contributed by atoms with E-state index >= 15 is 0 Å². The number of nitrogens with one attached hydrogen (secondary N) is 1. The molecule has 108 valence electrons. The van der Waals surface area contributed by atoms with Crippen LogP contribution in [-0.2, 0) is 0 Å². The molecule has 0 atom stereocenters. The molecule has 0 radical (unpaired) electrons. The number of pyridine rings is 2. The minimum atomic E-state index is -0.0220. The Morgan fingerprint density at radius 3 is 2.77 bits per heavy atom. The van der Waals surface area contributed by atoms with Gasteiger partial charge in [-0.05, 0) is 37.1 Å². The number of aromatic nitrogens is 2. The molecule has 0 bridgehead atoms. The van der Waals surface area contributed by atoms with Crippen molar-refractivity contribution in [1.29, 1.82) is 0 Å². The van der Waals surface area contributed by atoms with E-state index in [1.54, 1.807) is 12.4 Å². The molecule has 4 rings (SSSR count). The van der Waals surface area contributed by atoms with Gasteiger partial charge in [0, 0.05) is 29.4 Å². The van der Waals surface area contributed by atoms with Crippen molar-refractivity contribution in [3.05, 3.63) is 60.4 Å². The van der Waals surface area contributed by atoms with E-state index < -0.39 is 0 Å². The van der Waals surface area contributed by atoms with E-state index in [2.05, 4.69) is 15.3 Å². The number of rotatable bonds is 3.